The molecule has 6 heteroatoms. The van der Waals surface area contributed by atoms with Gasteiger partial charge in [-0.05, 0) is 59.9 Å². The summed E-state index contributed by atoms with van der Waals surface area (Å²) in [4.78, 5) is 11.2. The smallest absolute Gasteiger partial charge is 0.339 e. The Morgan fingerprint density at radius 1 is 0.931 bits per heavy atom. The first kappa shape index (κ1) is 20.3. The molecule has 4 N–H and O–H groups in total. The quantitative estimate of drug-likeness (QED) is 0.327. The molecule has 3 aromatic carbocycles. The van der Waals surface area contributed by atoms with Crippen molar-refractivity contribution in [1.29, 1.82) is 0 Å². The summed E-state index contributed by atoms with van der Waals surface area (Å²) in [5, 5.41) is 40.4. The fourth-order valence-corrected chi connectivity index (χ4v) is 3.35. The first-order chi connectivity index (χ1) is 13.9. The number of fused-ring (bicyclic) bond motifs is 1. The van der Waals surface area contributed by atoms with Crippen LogP contribution in [0.3, 0.4) is 0 Å². The zero-order chi connectivity index (χ0) is 21.0. The lowest BCUT2D eigenvalue weighted by molar-refractivity contribution is 0.0693. The number of aromatic hydroxyl groups is 3. The highest BCUT2D eigenvalue weighted by molar-refractivity contribution is 5.91. The number of phenols is 3. The summed E-state index contributed by atoms with van der Waals surface area (Å²) in [5.41, 5.74) is 1.48. The van der Waals surface area contributed by atoms with Gasteiger partial charge in [-0.3, -0.25) is 0 Å². The van der Waals surface area contributed by atoms with Gasteiger partial charge in [0.15, 0.2) is 11.5 Å². The van der Waals surface area contributed by atoms with E-state index in [9.17, 15) is 20.1 Å². The van der Waals surface area contributed by atoms with E-state index in [1.165, 1.54) is 18.2 Å². The molecule has 0 aromatic heterocycles. The lowest BCUT2D eigenvalue weighted by atomic mass is 10.0. The van der Waals surface area contributed by atoms with E-state index in [0.717, 1.165) is 35.6 Å². The van der Waals surface area contributed by atoms with Crippen LogP contribution in [0.1, 0.15) is 41.3 Å². The maximum Gasteiger partial charge on any atom is 0.339 e. The average molecular weight is 396 g/mol. The third kappa shape index (κ3) is 4.54. The van der Waals surface area contributed by atoms with Gasteiger partial charge in [0, 0.05) is 5.56 Å². The maximum atomic E-state index is 11.2. The van der Waals surface area contributed by atoms with E-state index in [0.29, 0.717) is 24.3 Å². The summed E-state index contributed by atoms with van der Waals surface area (Å²) in [7, 11) is 0. The SMILES string of the molecule is CCCc1c(OCCCc2ccc3cc(O)c(O)cc3c2)ccc(C(=O)O)c1O. The minimum Gasteiger partial charge on any atom is -0.507 e. The Hall–Kier alpha value is -3.41. The molecular formula is C23H24O6. The van der Waals surface area contributed by atoms with Gasteiger partial charge < -0.3 is 25.2 Å². The van der Waals surface area contributed by atoms with Crippen LogP contribution >= 0.6 is 0 Å². The molecule has 6 nitrogen and oxygen atoms in total. The predicted octanol–water partition coefficient (Wildman–Crippen LogP) is 4.62. The van der Waals surface area contributed by atoms with Crippen LogP contribution < -0.4 is 4.74 Å². The lowest BCUT2D eigenvalue weighted by Crippen LogP contribution is -2.05. The monoisotopic (exact) mass is 396 g/mol. The van der Waals surface area contributed by atoms with Crippen molar-refractivity contribution in [1.82, 2.24) is 0 Å². The topological polar surface area (TPSA) is 107 Å². The van der Waals surface area contributed by atoms with Crippen LogP contribution in [0, 0.1) is 0 Å². The van der Waals surface area contributed by atoms with Gasteiger partial charge in [0.1, 0.15) is 17.1 Å². The molecule has 0 atom stereocenters. The van der Waals surface area contributed by atoms with Gasteiger partial charge >= 0.3 is 5.97 Å². The number of carboxylic acid groups (broad SMARTS) is 1. The Kier molecular flexibility index (Phi) is 6.12. The van der Waals surface area contributed by atoms with Crippen molar-refractivity contribution in [2.75, 3.05) is 6.61 Å². The summed E-state index contributed by atoms with van der Waals surface area (Å²) >= 11 is 0. The van der Waals surface area contributed by atoms with E-state index in [4.69, 9.17) is 9.84 Å². The molecule has 0 bridgehead atoms. The molecule has 152 valence electrons. The van der Waals surface area contributed by atoms with E-state index < -0.39 is 5.97 Å². The molecule has 29 heavy (non-hydrogen) atoms. The summed E-state index contributed by atoms with van der Waals surface area (Å²) in [6.45, 7) is 2.37. The van der Waals surface area contributed by atoms with Gasteiger partial charge in [-0.25, -0.2) is 4.79 Å². The van der Waals surface area contributed by atoms with Crippen LogP contribution in [0.25, 0.3) is 10.8 Å². The first-order valence-corrected chi connectivity index (χ1v) is 9.56. The molecule has 0 saturated carbocycles. The zero-order valence-corrected chi connectivity index (χ0v) is 16.2. The molecule has 0 unspecified atom stereocenters. The summed E-state index contributed by atoms with van der Waals surface area (Å²) in [6.07, 6.45) is 2.76. The van der Waals surface area contributed by atoms with Crippen molar-refractivity contribution in [2.45, 2.75) is 32.6 Å². The van der Waals surface area contributed by atoms with Gasteiger partial charge in [-0.2, -0.15) is 0 Å². The standard InChI is InChI=1S/C23H24O6/c1-2-4-17-21(9-8-18(22(17)26)23(27)28)29-10-3-5-14-6-7-15-12-19(24)20(25)13-16(15)11-14/h6-9,11-13,24-26H,2-5,10H2,1H3,(H,27,28). The van der Waals surface area contributed by atoms with Gasteiger partial charge in [0.05, 0.1) is 6.61 Å². The average Bonchev–Trinajstić information content (AvgIpc) is 2.68. The molecule has 0 aliphatic rings. The highest BCUT2D eigenvalue weighted by atomic mass is 16.5. The number of phenolic OH excluding ortho intramolecular Hbond substituents is 2. The van der Waals surface area contributed by atoms with Gasteiger partial charge in [-0.1, -0.05) is 31.5 Å². The van der Waals surface area contributed by atoms with Gasteiger partial charge in [0.2, 0.25) is 0 Å². The number of carbonyl (C=O) groups is 1. The van der Waals surface area contributed by atoms with E-state index in [-0.39, 0.29) is 22.8 Å². The lowest BCUT2D eigenvalue weighted by Gasteiger charge is -2.14. The molecule has 0 heterocycles. The van der Waals surface area contributed by atoms with E-state index in [1.807, 2.05) is 25.1 Å². The molecule has 0 amide bonds. The zero-order valence-electron chi connectivity index (χ0n) is 16.2. The normalized spacial score (nSPS) is 10.9. The second kappa shape index (κ2) is 8.73. The number of ether oxygens (including phenoxy) is 1. The molecule has 0 spiro atoms. The van der Waals surface area contributed by atoms with Crippen molar-refractivity contribution < 1.29 is 30.0 Å². The van der Waals surface area contributed by atoms with Gasteiger partial charge in [-0.15, -0.1) is 0 Å². The number of hydrogen-bond donors (Lipinski definition) is 4. The number of carboxylic acids is 1. The fourth-order valence-electron chi connectivity index (χ4n) is 3.35. The fraction of sp³-hybridized carbons (Fsp3) is 0.261. The summed E-state index contributed by atoms with van der Waals surface area (Å²) in [5.74, 6) is -1.17. The number of hydrogen-bond acceptors (Lipinski definition) is 5. The third-order valence-electron chi connectivity index (χ3n) is 4.84. The number of aromatic carboxylic acids is 1. The Balaban J connectivity index is 1.66. The van der Waals surface area contributed by atoms with Crippen LogP contribution in [0.4, 0.5) is 0 Å². The minimum atomic E-state index is -1.16. The molecule has 0 aliphatic heterocycles. The number of benzene rings is 3. The Labute approximate surface area is 168 Å². The second-order valence-electron chi connectivity index (χ2n) is 6.97. The summed E-state index contributed by atoms with van der Waals surface area (Å²) in [6, 6.07) is 11.8. The predicted molar refractivity (Wildman–Crippen MR) is 110 cm³/mol. The highest BCUT2D eigenvalue weighted by Crippen LogP contribution is 2.33. The maximum absolute atomic E-state index is 11.2. The van der Waals surface area contributed by atoms with Crippen LogP contribution in [0.15, 0.2) is 42.5 Å². The first-order valence-electron chi connectivity index (χ1n) is 9.56. The van der Waals surface area contributed by atoms with E-state index >= 15 is 0 Å². The van der Waals surface area contributed by atoms with Crippen molar-refractivity contribution in [3.05, 3.63) is 59.2 Å². The largest absolute Gasteiger partial charge is 0.507 e. The van der Waals surface area contributed by atoms with E-state index in [1.54, 1.807) is 6.07 Å². The molecule has 3 aromatic rings. The molecule has 0 radical (unpaired) electrons. The Morgan fingerprint density at radius 2 is 1.66 bits per heavy atom. The highest BCUT2D eigenvalue weighted by Gasteiger charge is 2.17. The third-order valence-corrected chi connectivity index (χ3v) is 4.84. The molecule has 3 rings (SSSR count). The van der Waals surface area contributed by atoms with Crippen LogP contribution in [-0.4, -0.2) is 33.0 Å². The summed E-state index contributed by atoms with van der Waals surface area (Å²) < 4.78 is 5.82. The van der Waals surface area contributed by atoms with Crippen LogP contribution in [0.5, 0.6) is 23.0 Å². The van der Waals surface area contributed by atoms with Crippen molar-refractivity contribution in [3.63, 3.8) is 0 Å². The van der Waals surface area contributed by atoms with Gasteiger partial charge in [0.25, 0.3) is 0 Å². The second-order valence-corrected chi connectivity index (χ2v) is 6.97. The van der Waals surface area contributed by atoms with Crippen molar-refractivity contribution in [3.8, 4) is 23.0 Å². The van der Waals surface area contributed by atoms with Crippen LogP contribution in [0.2, 0.25) is 0 Å². The molecular weight excluding hydrogens is 372 g/mol. The van der Waals surface area contributed by atoms with Crippen LogP contribution in [-0.2, 0) is 12.8 Å². The number of aryl methyl sites for hydroxylation is 1. The Morgan fingerprint density at radius 3 is 2.34 bits per heavy atom. The Bertz CT molecular complexity index is 1040. The van der Waals surface area contributed by atoms with Crippen molar-refractivity contribution in [2.24, 2.45) is 0 Å². The number of rotatable bonds is 8. The van der Waals surface area contributed by atoms with Crippen molar-refractivity contribution >= 4 is 16.7 Å². The van der Waals surface area contributed by atoms with E-state index in [2.05, 4.69) is 0 Å². The molecule has 0 fully saturated rings. The minimum absolute atomic E-state index is 0.119. The molecule has 0 saturated heterocycles. The molecule has 0 aliphatic carbocycles.